The molecule has 0 bridgehead atoms. The number of aromatic nitrogens is 6. The van der Waals surface area contributed by atoms with Crippen LogP contribution in [0.25, 0.3) is 11.2 Å². The van der Waals surface area contributed by atoms with Crippen LogP contribution in [0.4, 0.5) is 19.1 Å². The number of alkyl halides is 3. The summed E-state index contributed by atoms with van der Waals surface area (Å²) >= 11 is 0. The van der Waals surface area contributed by atoms with Gasteiger partial charge in [-0.25, -0.2) is 32.1 Å². The van der Waals surface area contributed by atoms with Crippen LogP contribution in [0.15, 0.2) is 83.2 Å². The van der Waals surface area contributed by atoms with Crippen molar-refractivity contribution in [2.45, 2.75) is 181 Å². The summed E-state index contributed by atoms with van der Waals surface area (Å²) in [6.07, 6.45) is -7.47. The first-order valence-corrected chi connectivity index (χ1v) is 32.5. The molecule has 1 amide bonds. The van der Waals surface area contributed by atoms with E-state index in [-0.39, 0.29) is 42.3 Å². The van der Waals surface area contributed by atoms with Gasteiger partial charge in [-0.1, -0.05) is 52.5 Å². The number of carbonyl (C=O) groups excluding carboxylic acids is 4. The first kappa shape index (κ1) is 73.3. The van der Waals surface area contributed by atoms with Crippen molar-refractivity contribution in [3.8, 4) is 11.6 Å². The van der Waals surface area contributed by atoms with Crippen molar-refractivity contribution >= 4 is 56.5 Å². The number of nitrogens with one attached hydrogen (secondary N) is 3. The van der Waals surface area contributed by atoms with Crippen molar-refractivity contribution < 1.29 is 102 Å². The maximum Gasteiger partial charge on any atom is 0.475 e. The number of aromatic amines is 1. The molecule has 0 spiro atoms. The Bertz CT molecular complexity index is 3590. The van der Waals surface area contributed by atoms with Gasteiger partial charge in [0.15, 0.2) is 53.0 Å². The molecular weight excluding hydrogens is 1280 g/mol. The zero-order valence-corrected chi connectivity index (χ0v) is 55.1. The van der Waals surface area contributed by atoms with Crippen LogP contribution in [-0.4, -0.2) is 167 Å². The molecule has 0 saturated carbocycles. The summed E-state index contributed by atoms with van der Waals surface area (Å²) in [5.74, 6) is -2.85. The Morgan fingerprint density at radius 3 is 2.14 bits per heavy atom. The number of hydrogen-bond acceptors (Lipinski definition) is 26. The molecule has 6 N–H and O–H groups in total. The third-order valence-electron chi connectivity index (χ3n) is 14.3. The molecule has 8 heterocycles. The van der Waals surface area contributed by atoms with Crippen LogP contribution in [0.1, 0.15) is 102 Å². The number of esters is 3. The second-order valence-corrected chi connectivity index (χ2v) is 26.8. The lowest BCUT2D eigenvalue weighted by molar-refractivity contribution is -0.165. The van der Waals surface area contributed by atoms with E-state index in [9.17, 15) is 43.0 Å². The van der Waals surface area contributed by atoms with Crippen LogP contribution in [0, 0.1) is 11.8 Å². The standard InChI is InChI=1S/C23H31FN3O8P.C18H25FN2O7.C16H23FN5O6P/c1-14(2)33-21(30)15(3)26-36(31,35-17-9-7-6-8-10-17)32-13-18-20(29)23(5,24)22(34-18)27-12-11-19(28)25-16(27)4;1-9(2)14(23)26-8-11-13(28-15(24)10(3)4)18(5,19)16(27-11)21-7-6-12(22)20-17(21)25;1-5-24-13-10-12(20-15(18)21-13)22(7-19-10)14-16(4,17)11-9(26-14)6-25-29(23,28-11)27-8(2)3/h6-12,14-15,18,20,22,29H,4,13H2,1-3,5H3,(H,25,28)(H,26,31);6-7,9-11,13,16H,8H2,1-5H3,(H,20,22,25);7-9,11,14H,5-6H2,1-4H3,(H2,18,20,21)/t15-,18+,20+,22+,23+,36?;11-,13-,16-,18-;9-,11-,14-,16-,29?/m011/s1. The summed E-state index contributed by atoms with van der Waals surface area (Å²) in [6, 6.07) is 8.06. The topological polar surface area (TPSA) is 385 Å². The molecule has 5 aliphatic rings. The number of hydrogen-bond donors (Lipinski definition) is 5. The summed E-state index contributed by atoms with van der Waals surface area (Å²) in [7, 11) is -8.16. The average Bonchev–Trinajstić information content (AvgIpc) is 1.60. The Labute approximate surface area is 532 Å². The van der Waals surface area contributed by atoms with Crippen LogP contribution < -0.4 is 36.6 Å². The number of nitrogen functional groups attached to an aromatic ring is 1. The van der Waals surface area contributed by atoms with Gasteiger partial charge in [-0.15, -0.1) is 0 Å². The highest BCUT2D eigenvalue weighted by Gasteiger charge is 2.63. The van der Waals surface area contributed by atoms with Crippen LogP contribution in [0.3, 0.4) is 0 Å². The zero-order valence-electron chi connectivity index (χ0n) is 53.3. The van der Waals surface area contributed by atoms with E-state index >= 15 is 13.2 Å². The number of imidazole rings is 1. The summed E-state index contributed by atoms with van der Waals surface area (Å²) in [4.78, 5) is 86.6. The number of anilines is 1. The predicted octanol–water partition coefficient (Wildman–Crippen LogP) is 5.66. The van der Waals surface area contributed by atoms with Gasteiger partial charge in [0.05, 0.1) is 50.2 Å². The molecule has 4 aromatic rings. The Balaban J connectivity index is 0.000000200. The molecule has 5 aliphatic heterocycles. The normalized spacial score (nSPS) is 30.0. The molecule has 36 heteroatoms. The molecule has 93 heavy (non-hydrogen) atoms. The van der Waals surface area contributed by atoms with Crippen molar-refractivity contribution in [3.05, 3.63) is 94.4 Å². The fourth-order valence-electron chi connectivity index (χ4n) is 9.77. The van der Waals surface area contributed by atoms with E-state index in [0.29, 0.717) is 12.1 Å². The minimum atomic E-state index is -4.25. The van der Waals surface area contributed by atoms with Crippen molar-refractivity contribution in [1.29, 1.82) is 0 Å². The number of aliphatic hydroxyl groups excluding tert-OH is 1. The number of nitrogens with zero attached hydrogens (tertiary/aromatic N) is 6. The van der Waals surface area contributed by atoms with Crippen LogP contribution in [-0.2, 0) is 74.8 Å². The molecule has 1 aromatic carbocycles. The summed E-state index contributed by atoms with van der Waals surface area (Å²) in [6.45, 7) is 22.9. The number of phosphoric ester groups is 1. The van der Waals surface area contributed by atoms with Crippen LogP contribution in [0.2, 0.25) is 0 Å². The van der Waals surface area contributed by atoms with Gasteiger partial charge >= 0.3 is 39.2 Å². The van der Waals surface area contributed by atoms with E-state index in [4.69, 9.17) is 61.5 Å². The molecular formula is C57H79F3N10O21P2. The van der Waals surface area contributed by atoms with E-state index in [1.807, 2.05) is 4.98 Å². The number of aliphatic hydroxyl groups is 1. The molecule has 9 rings (SSSR count). The number of benzene rings is 1. The van der Waals surface area contributed by atoms with Crippen molar-refractivity contribution in [3.63, 3.8) is 0 Å². The molecule has 2 unspecified atom stereocenters. The fourth-order valence-corrected chi connectivity index (χ4v) is 12.9. The van der Waals surface area contributed by atoms with Crippen molar-refractivity contribution in [2.24, 2.45) is 11.8 Å². The maximum absolute atomic E-state index is 15.9. The Hall–Kier alpha value is -7.10. The quantitative estimate of drug-likeness (QED) is 0.0381. The minimum absolute atomic E-state index is 0.0481. The summed E-state index contributed by atoms with van der Waals surface area (Å²) in [5.41, 5.74) is -1.94. The highest BCUT2D eigenvalue weighted by molar-refractivity contribution is 7.52. The molecule has 3 aromatic heterocycles. The van der Waals surface area contributed by atoms with E-state index in [1.54, 1.807) is 80.5 Å². The molecule has 0 radical (unpaired) electrons. The second kappa shape index (κ2) is 29.7. The first-order chi connectivity index (χ1) is 43.4. The largest absolute Gasteiger partial charge is 0.476 e. The zero-order chi connectivity index (χ0) is 68.9. The van der Waals surface area contributed by atoms with E-state index in [0.717, 1.165) is 36.8 Å². The smallest absolute Gasteiger partial charge is 0.475 e. The SMILES string of the molecule is C=C1NC(=O)C=CN1[C@@H]1O[C@H](COP(=O)(N[C@@H](C)C(=O)OC(C)C)Oc2ccccc2)[C@@H](O)[C@@]1(C)F.CC(C)C(=O)OC[C@H]1O[C@@H](n2ccc(=O)[nH]c2=O)[C@](C)(F)[C@@H]1OC(=O)C(C)C.CCOc1nc(N)nc2c1ncn2[C@@H]1O[C@@H]2COP(=O)(OC(C)C)O[C@H]2[C@@]1(C)F. The molecule has 4 saturated heterocycles. The molecule has 4 fully saturated rings. The van der Waals surface area contributed by atoms with Crippen LogP contribution in [0.5, 0.6) is 11.6 Å². The van der Waals surface area contributed by atoms with Crippen molar-refractivity contribution in [2.75, 3.05) is 32.2 Å². The number of rotatable bonds is 21. The molecule has 15 atom stereocenters. The van der Waals surface area contributed by atoms with Gasteiger partial charge in [0.25, 0.3) is 11.5 Å². The predicted molar refractivity (Wildman–Crippen MR) is 321 cm³/mol. The first-order valence-electron chi connectivity index (χ1n) is 29.5. The van der Waals surface area contributed by atoms with Gasteiger partial charge in [-0.2, -0.15) is 15.1 Å². The van der Waals surface area contributed by atoms with Gasteiger partial charge in [0.2, 0.25) is 11.8 Å². The number of amides is 1. The van der Waals surface area contributed by atoms with Crippen LogP contribution >= 0.6 is 15.6 Å². The fraction of sp³-hybridized carbons (Fsp3) is 0.596. The van der Waals surface area contributed by atoms with Gasteiger partial charge in [0.1, 0.15) is 54.7 Å². The van der Waals surface area contributed by atoms with E-state index in [1.165, 1.54) is 48.0 Å². The highest BCUT2D eigenvalue weighted by atomic mass is 31.2. The number of H-pyrrole nitrogens is 1. The number of phosphoric acid groups is 1. The third-order valence-corrected chi connectivity index (χ3v) is 17.6. The number of fused-ring (bicyclic) bond motifs is 2. The van der Waals surface area contributed by atoms with E-state index in [2.05, 4.69) is 31.9 Å². The third kappa shape index (κ3) is 17.3. The Morgan fingerprint density at radius 2 is 1.53 bits per heavy atom. The molecule has 514 valence electrons. The lowest BCUT2D eigenvalue weighted by Gasteiger charge is -2.35. The number of ether oxygens (including phenoxy) is 7. The maximum atomic E-state index is 15.9. The number of nitrogens with two attached hydrogens (primary N) is 1. The number of halogens is 3. The molecule has 31 nitrogen and oxygen atoms in total. The monoisotopic (exact) mass is 1360 g/mol. The summed E-state index contributed by atoms with van der Waals surface area (Å²) < 4.78 is 141. The van der Waals surface area contributed by atoms with Gasteiger partial charge in [-0.05, 0) is 74.4 Å². The number of carbonyl (C=O) groups is 4. The second-order valence-electron chi connectivity index (χ2n) is 23.6. The average molecular weight is 1360 g/mol. The minimum Gasteiger partial charge on any atom is -0.476 e. The summed E-state index contributed by atoms with van der Waals surface area (Å²) in [5, 5.41) is 15.6. The van der Waals surface area contributed by atoms with Crippen molar-refractivity contribution in [1.82, 2.24) is 44.4 Å². The number of para-hydroxylation sites is 1. The highest BCUT2D eigenvalue weighted by Crippen LogP contribution is 2.60. The van der Waals surface area contributed by atoms with Gasteiger partial charge < -0.3 is 58.7 Å². The van der Waals surface area contributed by atoms with E-state index < -0.39 is 160 Å². The Kier molecular flexibility index (Phi) is 23.4. The van der Waals surface area contributed by atoms with Gasteiger partial charge in [0, 0.05) is 24.5 Å². The Morgan fingerprint density at radius 1 is 0.871 bits per heavy atom. The molecule has 0 aliphatic carbocycles. The lowest BCUT2D eigenvalue weighted by atomic mass is 9.98. The lowest BCUT2D eigenvalue weighted by Crippen LogP contribution is -2.51. The van der Waals surface area contributed by atoms with Gasteiger partial charge in [-0.3, -0.25) is 56.2 Å².